The fourth-order valence-corrected chi connectivity index (χ4v) is 3.24. The van der Waals surface area contributed by atoms with Gasteiger partial charge in [0.25, 0.3) is 11.7 Å². The summed E-state index contributed by atoms with van der Waals surface area (Å²) in [5.74, 6) is -0.913. The molecule has 0 atom stereocenters. The van der Waals surface area contributed by atoms with Crippen LogP contribution in [-0.4, -0.2) is 34.2 Å². The number of carbonyl (C=O) groups is 2. The van der Waals surface area contributed by atoms with Crippen molar-refractivity contribution >= 4 is 34.2 Å². The predicted octanol–water partition coefficient (Wildman–Crippen LogP) is 4.39. The number of fused-ring (bicyclic) bond motifs is 1. The van der Waals surface area contributed by atoms with Crippen molar-refractivity contribution in [3.8, 4) is 0 Å². The maximum Gasteiger partial charge on any atom is 0.295 e. The summed E-state index contributed by atoms with van der Waals surface area (Å²) < 4.78 is 2.00. The lowest BCUT2D eigenvalue weighted by atomic mass is 10.1. The summed E-state index contributed by atoms with van der Waals surface area (Å²) in [6, 6.07) is 15.3. The lowest BCUT2D eigenvalue weighted by Gasteiger charge is -2.17. The lowest BCUT2D eigenvalue weighted by Crippen LogP contribution is -2.36. The number of halogens is 1. The molecule has 0 unspecified atom stereocenters. The van der Waals surface area contributed by atoms with Gasteiger partial charge < -0.3 is 9.47 Å². The molecule has 134 valence electrons. The fourth-order valence-electron chi connectivity index (χ4n) is 3.11. The van der Waals surface area contributed by atoms with Gasteiger partial charge in [-0.05, 0) is 37.6 Å². The lowest BCUT2D eigenvalue weighted by molar-refractivity contribution is -0.126. The Morgan fingerprint density at radius 2 is 1.65 bits per heavy atom. The average Bonchev–Trinajstić information content (AvgIpc) is 3.02. The zero-order chi connectivity index (χ0) is 18.7. The van der Waals surface area contributed by atoms with Gasteiger partial charge in [0, 0.05) is 41.8 Å². The third-order valence-electron chi connectivity index (χ3n) is 4.54. The molecule has 0 fully saturated rings. The van der Waals surface area contributed by atoms with Crippen molar-refractivity contribution in [1.29, 1.82) is 0 Å². The third kappa shape index (κ3) is 3.51. The number of carbonyl (C=O) groups excluding carboxylic acids is 2. The average molecular weight is 369 g/mol. The molecule has 1 amide bonds. The Balaban J connectivity index is 2.00. The number of ketones is 1. The maximum atomic E-state index is 12.8. The normalized spacial score (nSPS) is 10.9. The van der Waals surface area contributed by atoms with Crippen molar-refractivity contribution < 1.29 is 9.59 Å². The molecule has 3 aromatic rings. The van der Waals surface area contributed by atoms with Crippen LogP contribution in [0.15, 0.2) is 54.7 Å². The van der Waals surface area contributed by atoms with Crippen LogP contribution in [-0.2, 0) is 11.3 Å². The largest absolute Gasteiger partial charge is 0.342 e. The van der Waals surface area contributed by atoms with Crippen molar-refractivity contribution in [2.24, 2.45) is 0 Å². The summed E-state index contributed by atoms with van der Waals surface area (Å²) in [7, 11) is 0. The molecule has 0 saturated heterocycles. The maximum absolute atomic E-state index is 12.8. The molecule has 26 heavy (non-hydrogen) atoms. The van der Waals surface area contributed by atoms with Crippen LogP contribution >= 0.6 is 11.6 Å². The summed E-state index contributed by atoms with van der Waals surface area (Å²) in [4.78, 5) is 26.9. The van der Waals surface area contributed by atoms with Gasteiger partial charge in [0.15, 0.2) is 0 Å². The molecule has 2 aromatic carbocycles. The van der Waals surface area contributed by atoms with E-state index in [2.05, 4.69) is 0 Å². The van der Waals surface area contributed by atoms with E-state index >= 15 is 0 Å². The number of nitrogens with zero attached hydrogens (tertiary/aromatic N) is 2. The van der Waals surface area contributed by atoms with Crippen LogP contribution in [0.1, 0.15) is 29.8 Å². The third-order valence-corrected chi connectivity index (χ3v) is 4.80. The molecular formula is C21H21ClN2O2. The highest BCUT2D eigenvalue weighted by Gasteiger charge is 2.24. The first-order valence-electron chi connectivity index (χ1n) is 8.71. The highest BCUT2D eigenvalue weighted by Crippen LogP contribution is 2.24. The first-order valence-corrected chi connectivity index (χ1v) is 9.08. The Hall–Kier alpha value is -2.59. The second-order valence-corrected chi connectivity index (χ2v) is 6.56. The molecule has 4 nitrogen and oxygen atoms in total. The van der Waals surface area contributed by atoms with Gasteiger partial charge in [-0.2, -0.15) is 0 Å². The Kier molecular flexibility index (Phi) is 5.43. The fraction of sp³-hybridized carbons (Fsp3) is 0.238. The summed E-state index contributed by atoms with van der Waals surface area (Å²) in [5.41, 5.74) is 2.45. The number of amides is 1. The van der Waals surface area contributed by atoms with Crippen molar-refractivity contribution in [3.05, 3.63) is 70.9 Å². The number of likely N-dealkylation sites (N-methyl/N-ethyl adjacent to an activating group) is 1. The van der Waals surface area contributed by atoms with Gasteiger partial charge >= 0.3 is 0 Å². The van der Waals surface area contributed by atoms with Crippen molar-refractivity contribution in [2.45, 2.75) is 20.4 Å². The van der Waals surface area contributed by atoms with Gasteiger partial charge in [0.05, 0.1) is 5.56 Å². The molecule has 0 bridgehead atoms. The summed E-state index contributed by atoms with van der Waals surface area (Å²) in [6.07, 6.45) is 1.78. The van der Waals surface area contributed by atoms with Gasteiger partial charge in [-0.1, -0.05) is 41.9 Å². The van der Waals surface area contributed by atoms with Crippen LogP contribution in [0.5, 0.6) is 0 Å². The van der Waals surface area contributed by atoms with E-state index in [1.807, 2.05) is 66.9 Å². The van der Waals surface area contributed by atoms with Crippen molar-refractivity contribution in [3.63, 3.8) is 0 Å². The van der Waals surface area contributed by atoms with E-state index in [9.17, 15) is 9.59 Å². The molecule has 0 aliphatic carbocycles. The minimum Gasteiger partial charge on any atom is -0.342 e. The Labute approximate surface area is 158 Å². The molecule has 0 saturated carbocycles. The summed E-state index contributed by atoms with van der Waals surface area (Å²) in [6.45, 7) is 5.39. The smallest absolute Gasteiger partial charge is 0.295 e. The quantitative estimate of drug-likeness (QED) is 0.478. The molecule has 0 spiro atoms. The Morgan fingerprint density at radius 3 is 2.31 bits per heavy atom. The van der Waals surface area contributed by atoms with E-state index in [0.29, 0.717) is 30.2 Å². The van der Waals surface area contributed by atoms with Crippen LogP contribution in [0.2, 0.25) is 5.02 Å². The number of aromatic nitrogens is 1. The van der Waals surface area contributed by atoms with Gasteiger partial charge in [0.1, 0.15) is 0 Å². The molecule has 5 heteroatoms. The van der Waals surface area contributed by atoms with Gasteiger partial charge in [-0.25, -0.2) is 0 Å². The Morgan fingerprint density at radius 1 is 1.00 bits per heavy atom. The number of benzene rings is 2. The molecule has 1 heterocycles. The summed E-state index contributed by atoms with van der Waals surface area (Å²) in [5, 5.41) is 1.48. The standard InChI is InChI=1S/C21H21ClN2O2/c1-3-23(4-2)21(26)20(25)18-14-24(19-8-6-5-7-17(18)19)13-15-9-11-16(22)12-10-15/h5-12,14H,3-4,13H2,1-2H3. The van der Waals surface area contributed by atoms with Crippen LogP contribution < -0.4 is 0 Å². The summed E-state index contributed by atoms with van der Waals surface area (Å²) >= 11 is 5.95. The first kappa shape index (κ1) is 18.2. The number of Topliss-reactive ketones (excluding diaryl/α,β-unsaturated/α-hetero) is 1. The number of rotatable bonds is 6. The molecule has 0 aliphatic heterocycles. The monoisotopic (exact) mass is 368 g/mol. The molecule has 3 rings (SSSR count). The van der Waals surface area contributed by atoms with Gasteiger partial charge in [-0.3, -0.25) is 9.59 Å². The minimum atomic E-state index is -0.459. The first-order chi connectivity index (χ1) is 12.5. The van der Waals surface area contributed by atoms with Gasteiger partial charge in [-0.15, -0.1) is 0 Å². The van der Waals surface area contributed by atoms with E-state index in [-0.39, 0.29) is 0 Å². The number of para-hydroxylation sites is 1. The van der Waals surface area contributed by atoms with E-state index in [0.717, 1.165) is 16.5 Å². The van der Waals surface area contributed by atoms with Crippen LogP contribution in [0, 0.1) is 0 Å². The molecule has 0 aliphatic rings. The van der Waals surface area contributed by atoms with E-state index in [1.165, 1.54) is 0 Å². The SMILES string of the molecule is CCN(CC)C(=O)C(=O)c1cn(Cc2ccc(Cl)cc2)c2ccccc12. The molecule has 1 aromatic heterocycles. The number of hydrogen-bond donors (Lipinski definition) is 0. The number of hydrogen-bond acceptors (Lipinski definition) is 2. The van der Waals surface area contributed by atoms with E-state index < -0.39 is 11.7 Å². The highest BCUT2D eigenvalue weighted by molar-refractivity contribution is 6.44. The predicted molar refractivity (Wildman–Crippen MR) is 105 cm³/mol. The zero-order valence-corrected chi connectivity index (χ0v) is 15.7. The van der Waals surface area contributed by atoms with Crippen molar-refractivity contribution in [1.82, 2.24) is 9.47 Å². The van der Waals surface area contributed by atoms with E-state index in [1.54, 1.807) is 11.1 Å². The van der Waals surface area contributed by atoms with Crippen molar-refractivity contribution in [2.75, 3.05) is 13.1 Å². The molecule has 0 radical (unpaired) electrons. The minimum absolute atomic E-state index is 0.450. The highest BCUT2D eigenvalue weighted by atomic mass is 35.5. The van der Waals surface area contributed by atoms with E-state index in [4.69, 9.17) is 11.6 Å². The Bertz CT molecular complexity index is 940. The van der Waals surface area contributed by atoms with Crippen LogP contribution in [0.3, 0.4) is 0 Å². The van der Waals surface area contributed by atoms with Crippen LogP contribution in [0.4, 0.5) is 0 Å². The second kappa shape index (κ2) is 7.75. The topological polar surface area (TPSA) is 42.3 Å². The molecular weight excluding hydrogens is 348 g/mol. The van der Waals surface area contributed by atoms with Gasteiger partial charge in [0.2, 0.25) is 0 Å². The second-order valence-electron chi connectivity index (χ2n) is 6.12. The molecule has 0 N–H and O–H groups in total. The zero-order valence-electron chi connectivity index (χ0n) is 14.9. The van der Waals surface area contributed by atoms with Crippen LogP contribution in [0.25, 0.3) is 10.9 Å².